The van der Waals surface area contributed by atoms with Crippen molar-refractivity contribution in [2.45, 2.75) is 37.4 Å². The molecule has 0 spiro atoms. The second-order valence-corrected chi connectivity index (χ2v) is 9.97. The molecule has 3 rings (SSSR count). The van der Waals surface area contributed by atoms with Crippen LogP contribution in [0.4, 0.5) is 13.2 Å². The van der Waals surface area contributed by atoms with Gasteiger partial charge in [-0.15, -0.1) is 0 Å². The molecule has 0 aliphatic carbocycles. The Morgan fingerprint density at radius 1 is 1.14 bits per heavy atom. The van der Waals surface area contributed by atoms with Crippen LogP contribution in [0.1, 0.15) is 41.4 Å². The molecule has 8 heteroatoms. The van der Waals surface area contributed by atoms with Gasteiger partial charge in [0.05, 0.1) is 11.7 Å². The Morgan fingerprint density at radius 3 is 2.38 bits per heavy atom. The monoisotopic (exact) mass is 426 g/mol. The largest absolute Gasteiger partial charge is 0.396 e. The molecule has 1 unspecified atom stereocenters. The summed E-state index contributed by atoms with van der Waals surface area (Å²) >= 11 is 0. The lowest BCUT2D eigenvalue weighted by Gasteiger charge is -2.33. The van der Waals surface area contributed by atoms with Gasteiger partial charge < -0.3 is 0 Å². The van der Waals surface area contributed by atoms with Crippen LogP contribution >= 0.6 is 0 Å². The van der Waals surface area contributed by atoms with Gasteiger partial charge in [-0.05, 0) is 54.1 Å². The normalized spacial score (nSPS) is 19.8. The molecule has 0 saturated carbocycles. The van der Waals surface area contributed by atoms with Crippen LogP contribution in [0.5, 0.6) is 0 Å². The number of likely N-dealkylation sites (tertiary alicyclic amines) is 1. The van der Waals surface area contributed by atoms with Crippen LogP contribution in [0.25, 0.3) is 0 Å². The summed E-state index contributed by atoms with van der Waals surface area (Å²) in [6.45, 7) is 2.50. The number of aromatic nitrogens is 1. The number of alkyl halides is 3. The summed E-state index contributed by atoms with van der Waals surface area (Å²) in [4.78, 5) is 6.36. The summed E-state index contributed by atoms with van der Waals surface area (Å²) in [7, 11) is -3.75. The Kier molecular flexibility index (Phi) is 6.63. The molecule has 2 aromatic rings. The van der Waals surface area contributed by atoms with Crippen LogP contribution in [0.2, 0.25) is 0 Å². The molecule has 1 aliphatic heterocycles. The molecule has 0 radical (unpaired) electrons. The number of rotatable bonds is 6. The molecule has 2 atom stereocenters. The fraction of sp³-hybridized carbons (Fsp3) is 0.476. The van der Waals surface area contributed by atoms with Crippen molar-refractivity contribution in [1.82, 2.24) is 9.88 Å². The van der Waals surface area contributed by atoms with E-state index in [0.29, 0.717) is 12.5 Å². The van der Waals surface area contributed by atoms with E-state index in [0.717, 1.165) is 37.8 Å². The maximum Gasteiger partial charge on any atom is 0.396 e. The van der Waals surface area contributed by atoms with E-state index in [1.54, 1.807) is 24.5 Å². The number of sulfone groups is 1. The zero-order valence-electron chi connectivity index (χ0n) is 16.3. The van der Waals surface area contributed by atoms with Gasteiger partial charge in [-0.2, -0.15) is 13.2 Å². The predicted octanol–water partition coefficient (Wildman–Crippen LogP) is 4.15. The molecule has 1 fully saturated rings. The Balaban J connectivity index is 1.68. The topological polar surface area (TPSA) is 50.3 Å². The number of halogens is 3. The van der Waals surface area contributed by atoms with Gasteiger partial charge in [0.25, 0.3) is 0 Å². The van der Waals surface area contributed by atoms with Crippen molar-refractivity contribution in [2.24, 2.45) is 0 Å². The molecule has 2 heterocycles. The lowest BCUT2D eigenvalue weighted by atomic mass is 9.91. The second-order valence-electron chi connectivity index (χ2n) is 7.78. The van der Waals surface area contributed by atoms with Crippen molar-refractivity contribution in [1.29, 1.82) is 0 Å². The Morgan fingerprint density at radius 2 is 1.79 bits per heavy atom. The van der Waals surface area contributed by atoms with E-state index >= 15 is 0 Å². The lowest BCUT2D eigenvalue weighted by Crippen LogP contribution is -2.33. The maximum absolute atomic E-state index is 13.3. The van der Waals surface area contributed by atoms with Crippen LogP contribution in [-0.4, -0.2) is 49.6 Å². The molecule has 0 N–H and O–H groups in total. The van der Waals surface area contributed by atoms with E-state index in [1.807, 2.05) is 12.1 Å². The molecule has 1 aromatic heterocycles. The summed E-state index contributed by atoms with van der Waals surface area (Å²) in [6, 6.07) is 10.2. The number of benzene rings is 1. The van der Waals surface area contributed by atoms with Crippen molar-refractivity contribution >= 4 is 9.84 Å². The Bertz CT molecular complexity index is 900. The van der Waals surface area contributed by atoms with E-state index in [2.05, 4.69) is 9.88 Å². The average Bonchev–Trinajstić information content (AvgIpc) is 2.66. The van der Waals surface area contributed by atoms with E-state index in [4.69, 9.17) is 0 Å². The lowest BCUT2D eigenvalue weighted by molar-refractivity contribution is -0.145. The van der Waals surface area contributed by atoms with E-state index < -0.39 is 27.7 Å². The van der Waals surface area contributed by atoms with Crippen LogP contribution in [-0.2, 0) is 16.4 Å². The van der Waals surface area contributed by atoms with Gasteiger partial charge in [-0.25, -0.2) is 8.42 Å². The average molecular weight is 427 g/mol. The quantitative estimate of drug-likeness (QED) is 0.696. The van der Waals surface area contributed by atoms with Gasteiger partial charge >= 0.3 is 6.18 Å². The van der Waals surface area contributed by atoms with Crippen molar-refractivity contribution in [3.63, 3.8) is 0 Å². The minimum atomic E-state index is -4.60. The molecule has 29 heavy (non-hydrogen) atoms. The summed E-state index contributed by atoms with van der Waals surface area (Å²) in [6.07, 6.45) is 1.99. The third kappa shape index (κ3) is 6.27. The maximum atomic E-state index is 13.3. The van der Waals surface area contributed by atoms with Gasteiger partial charge in [0.15, 0.2) is 0 Å². The highest BCUT2D eigenvalue weighted by Crippen LogP contribution is 2.36. The SMILES string of the molecule is CS(=O)(=O)C[C@@H](c1ccc(CN2CCCC(c3ccncc3)C2)cc1)C(F)(F)F. The van der Waals surface area contributed by atoms with Gasteiger partial charge in [0.2, 0.25) is 0 Å². The fourth-order valence-corrected chi connectivity index (χ4v) is 4.89. The van der Waals surface area contributed by atoms with Gasteiger partial charge in [-0.3, -0.25) is 9.88 Å². The van der Waals surface area contributed by atoms with Crippen molar-refractivity contribution < 1.29 is 21.6 Å². The number of hydrogen-bond acceptors (Lipinski definition) is 4. The molecule has 4 nitrogen and oxygen atoms in total. The molecule has 1 aliphatic rings. The first-order chi connectivity index (χ1) is 13.6. The number of pyridine rings is 1. The molecule has 0 bridgehead atoms. The molecule has 0 amide bonds. The number of piperidine rings is 1. The number of hydrogen-bond donors (Lipinski definition) is 0. The van der Waals surface area contributed by atoms with Gasteiger partial charge in [0, 0.05) is 31.7 Å². The van der Waals surface area contributed by atoms with E-state index in [9.17, 15) is 21.6 Å². The minimum Gasteiger partial charge on any atom is -0.298 e. The third-order valence-electron chi connectivity index (χ3n) is 5.34. The molecular formula is C21H25F3N2O2S. The Hall–Kier alpha value is -1.93. The van der Waals surface area contributed by atoms with Gasteiger partial charge in [0.1, 0.15) is 9.84 Å². The number of nitrogens with zero attached hydrogens (tertiary/aromatic N) is 2. The molecule has 158 valence electrons. The van der Waals surface area contributed by atoms with Crippen LogP contribution in [0.15, 0.2) is 48.8 Å². The molecule has 1 aromatic carbocycles. The van der Waals surface area contributed by atoms with Crippen LogP contribution < -0.4 is 0 Å². The highest BCUT2D eigenvalue weighted by Gasteiger charge is 2.42. The molecular weight excluding hydrogens is 401 g/mol. The zero-order valence-corrected chi connectivity index (χ0v) is 17.1. The van der Waals surface area contributed by atoms with Crippen LogP contribution in [0.3, 0.4) is 0 Å². The smallest absolute Gasteiger partial charge is 0.298 e. The summed E-state index contributed by atoms with van der Waals surface area (Å²) in [5, 5.41) is 0. The summed E-state index contributed by atoms with van der Waals surface area (Å²) in [5.74, 6) is -2.51. The highest BCUT2D eigenvalue weighted by atomic mass is 32.2. The molecule has 1 saturated heterocycles. The Labute approximate surface area is 169 Å². The second kappa shape index (κ2) is 8.83. The van der Waals surface area contributed by atoms with Crippen molar-refractivity contribution in [2.75, 3.05) is 25.1 Å². The zero-order chi connectivity index (χ0) is 21.1. The first kappa shape index (κ1) is 21.8. The first-order valence-corrected chi connectivity index (χ1v) is 11.6. The minimum absolute atomic E-state index is 0.0139. The predicted molar refractivity (Wildman–Crippen MR) is 106 cm³/mol. The fourth-order valence-electron chi connectivity index (χ4n) is 3.90. The van der Waals surface area contributed by atoms with Gasteiger partial charge in [-0.1, -0.05) is 24.3 Å². The first-order valence-electron chi connectivity index (χ1n) is 9.57. The van der Waals surface area contributed by atoms with E-state index in [1.165, 1.54) is 17.7 Å². The highest BCUT2D eigenvalue weighted by molar-refractivity contribution is 7.90. The third-order valence-corrected chi connectivity index (χ3v) is 6.27. The summed E-state index contributed by atoms with van der Waals surface area (Å²) in [5.41, 5.74) is 2.17. The van der Waals surface area contributed by atoms with Crippen LogP contribution in [0, 0.1) is 0 Å². The van der Waals surface area contributed by atoms with Crippen molar-refractivity contribution in [3.05, 3.63) is 65.5 Å². The van der Waals surface area contributed by atoms with Crippen molar-refractivity contribution in [3.8, 4) is 0 Å². The summed E-state index contributed by atoms with van der Waals surface area (Å²) < 4.78 is 62.9. The standard InChI is InChI=1S/C21H25F3N2O2S/c1-29(27,28)15-20(21(22,23)24)18-6-4-16(5-7-18)13-26-12-2-3-19(14-26)17-8-10-25-11-9-17/h4-11,19-20H,2-3,12-15H2,1H3/t19?,20-/m0/s1. The van der Waals surface area contributed by atoms with E-state index in [-0.39, 0.29) is 5.56 Å².